The summed E-state index contributed by atoms with van der Waals surface area (Å²) in [7, 11) is 1.72. The predicted molar refractivity (Wildman–Crippen MR) is 60.0 cm³/mol. The van der Waals surface area contributed by atoms with Crippen LogP contribution < -0.4 is 4.74 Å². The van der Waals surface area contributed by atoms with Crippen molar-refractivity contribution in [2.24, 2.45) is 0 Å². The second-order valence-corrected chi connectivity index (χ2v) is 3.55. The van der Waals surface area contributed by atoms with E-state index in [0.717, 1.165) is 5.75 Å². The minimum atomic E-state index is 0.973. The summed E-state index contributed by atoms with van der Waals surface area (Å²) in [5, 5.41) is 2.55. The van der Waals surface area contributed by atoms with Crippen molar-refractivity contribution in [3.8, 4) is 5.75 Å². The molecule has 14 heavy (non-hydrogen) atoms. The summed E-state index contributed by atoms with van der Waals surface area (Å²) >= 11 is 0. The van der Waals surface area contributed by atoms with E-state index in [1.165, 1.54) is 21.9 Å². The molecule has 1 heteroatoms. The van der Waals surface area contributed by atoms with Crippen molar-refractivity contribution >= 4 is 10.8 Å². The third kappa shape index (κ3) is 1.25. The molecule has 72 valence electrons. The summed E-state index contributed by atoms with van der Waals surface area (Å²) in [4.78, 5) is 0. The van der Waals surface area contributed by atoms with E-state index in [9.17, 15) is 0 Å². The number of fused-ring (bicyclic) bond motifs is 1. The standard InChI is InChI=1S/C13H14O/c1-9-10(2)13(14-3)8-11-6-4-5-7-12(9)11/h4-8H,1-3H3. The molecule has 2 aromatic rings. The zero-order chi connectivity index (χ0) is 10.1. The zero-order valence-electron chi connectivity index (χ0n) is 8.79. The molecule has 0 amide bonds. The summed E-state index contributed by atoms with van der Waals surface area (Å²) in [6.07, 6.45) is 0. The van der Waals surface area contributed by atoms with Crippen LogP contribution in [0.5, 0.6) is 5.75 Å². The van der Waals surface area contributed by atoms with E-state index in [4.69, 9.17) is 4.74 Å². The number of aryl methyl sites for hydroxylation is 1. The number of hydrogen-bond acceptors (Lipinski definition) is 1. The summed E-state index contributed by atoms with van der Waals surface area (Å²) in [5.41, 5.74) is 2.53. The lowest BCUT2D eigenvalue weighted by Gasteiger charge is -2.10. The smallest absolute Gasteiger partial charge is 0.122 e. The first-order chi connectivity index (χ1) is 6.74. The maximum Gasteiger partial charge on any atom is 0.122 e. The Labute approximate surface area is 84.3 Å². The molecular formula is C13H14O. The Morgan fingerprint density at radius 1 is 1.00 bits per heavy atom. The Bertz CT molecular complexity index is 472. The molecule has 0 aliphatic rings. The van der Waals surface area contributed by atoms with E-state index in [2.05, 4.69) is 44.2 Å². The number of hydrogen-bond donors (Lipinski definition) is 0. The van der Waals surface area contributed by atoms with E-state index in [1.807, 2.05) is 0 Å². The minimum Gasteiger partial charge on any atom is -0.496 e. The van der Waals surface area contributed by atoms with Crippen LogP contribution in [0.2, 0.25) is 0 Å². The first kappa shape index (κ1) is 9.07. The molecule has 0 aliphatic carbocycles. The topological polar surface area (TPSA) is 9.23 Å². The molecule has 0 N–H and O–H groups in total. The Morgan fingerprint density at radius 2 is 1.71 bits per heavy atom. The van der Waals surface area contributed by atoms with Gasteiger partial charge in [-0.2, -0.15) is 0 Å². The van der Waals surface area contributed by atoms with Gasteiger partial charge in [-0.1, -0.05) is 24.3 Å². The van der Waals surface area contributed by atoms with E-state index in [0.29, 0.717) is 0 Å². The molecule has 0 atom stereocenters. The van der Waals surface area contributed by atoms with E-state index in [1.54, 1.807) is 7.11 Å². The van der Waals surface area contributed by atoms with Crippen molar-refractivity contribution in [1.82, 2.24) is 0 Å². The molecule has 0 unspecified atom stereocenters. The van der Waals surface area contributed by atoms with Gasteiger partial charge in [-0.25, -0.2) is 0 Å². The number of benzene rings is 2. The SMILES string of the molecule is COc1cc2ccccc2c(C)c1C. The first-order valence-electron chi connectivity index (χ1n) is 4.77. The summed E-state index contributed by atoms with van der Waals surface area (Å²) < 4.78 is 5.33. The van der Waals surface area contributed by atoms with Gasteiger partial charge in [-0.3, -0.25) is 0 Å². The van der Waals surface area contributed by atoms with Crippen LogP contribution in [0.4, 0.5) is 0 Å². The Balaban J connectivity index is 2.85. The maximum absolute atomic E-state index is 5.33. The van der Waals surface area contributed by atoms with E-state index in [-0.39, 0.29) is 0 Å². The van der Waals surface area contributed by atoms with Gasteiger partial charge in [0.05, 0.1) is 7.11 Å². The van der Waals surface area contributed by atoms with Gasteiger partial charge in [0, 0.05) is 0 Å². The van der Waals surface area contributed by atoms with Crippen LogP contribution in [-0.4, -0.2) is 7.11 Å². The summed E-state index contributed by atoms with van der Waals surface area (Å²) in [6, 6.07) is 10.5. The molecule has 0 aliphatic heterocycles. The van der Waals surface area contributed by atoms with Gasteiger partial charge in [-0.05, 0) is 41.8 Å². The fraction of sp³-hybridized carbons (Fsp3) is 0.231. The van der Waals surface area contributed by atoms with Crippen LogP contribution in [0.25, 0.3) is 10.8 Å². The van der Waals surface area contributed by atoms with Crippen LogP contribution in [-0.2, 0) is 0 Å². The second-order valence-electron chi connectivity index (χ2n) is 3.55. The van der Waals surface area contributed by atoms with E-state index >= 15 is 0 Å². The van der Waals surface area contributed by atoms with Crippen LogP contribution in [0, 0.1) is 13.8 Å². The van der Waals surface area contributed by atoms with Gasteiger partial charge in [0.2, 0.25) is 0 Å². The van der Waals surface area contributed by atoms with Gasteiger partial charge < -0.3 is 4.74 Å². The fourth-order valence-electron chi connectivity index (χ4n) is 1.81. The molecule has 0 heterocycles. The van der Waals surface area contributed by atoms with Crippen molar-refractivity contribution in [2.45, 2.75) is 13.8 Å². The van der Waals surface area contributed by atoms with Crippen molar-refractivity contribution in [3.63, 3.8) is 0 Å². The lowest BCUT2D eigenvalue weighted by molar-refractivity contribution is 0.412. The van der Waals surface area contributed by atoms with Gasteiger partial charge in [0.25, 0.3) is 0 Å². The lowest BCUT2D eigenvalue weighted by Crippen LogP contribution is -1.91. The monoisotopic (exact) mass is 186 g/mol. The van der Waals surface area contributed by atoms with Gasteiger partial charge >= 0.3 is 0 Å². The highest BCUT2D eigenvalue weighted by molar-refractivity contribution is 5.88. The van der Waals surface area contributed by atoms with Gasteiger partial charge in [-0.15, -0.1) is 0 Å². The molecule has 0 saturated carbocycles. The summed E-state index contributed by atoms with van der Waals surface area (Å²) in [5.74, 6) is 0.973. The molecule has 2 rings (SSSR count). The van der Waals surface area contributed by atoms with Crippen LogP contribution >= 0.6 is 0 Å². The highest BCUT2D eigenvalue weighted by Gasteiger charge is 2.05. The maximum atomic E-state index is 5.33. The molecule has 0 fully saturated rings. The Morgan fingerprint density at radius 3 is 2.43 bits per heavy atom. The van der Waals surface area contributed by atoms with Crippen LogP contribution in [0.1, 0.15) is 11.1 Å². The second kappa shape index (κ2) is 3.33. The largest absolute Gasteiger partial charge is 0.496 e. The average Bonchev–Trinajstić information content (AvgIpc) is 2.23. The zero-order valence-corrected chi connectivity index (χ0v) is 8.79. The molecule has 2 aromatic carbocycles. The lowest BCUT2D eigenvalue weighted by atomic mass is 10.00. The molecule has 0 spiro atoms. The normalized spacial score (nSPS) is 10.5. The molecule has 0 radical (unpaired) electrons. The number of methoxy groups -OCH3 is 1. The highest BCUT2D eigenvalue weighted by Crippen LogP contribution is 2.29. The minimum absolute atomic E-state index is 0.973. The van der Waals surface area contributed by atoms with Crippen molar-refractivity contribution in [3.05, 3.63) is 41.5 Å². The highest BCUT2D eigenvalue weighted by atomic mass is 16.5. The Kier molecular flexibility index (Phi) is 2.16. The van der Waals surface area contributed by atoms with Crippen LogP contribution in [0.15, 0.2) is 30.3 Å². The molecule has 0 bridgehead atoms. The van der Waals surface area contributed by atoms with Crippen LogP contribution in [0.3, 0.4) is 0 Å². The number of rotatable bonds is 1. The Hall–Kier alpha value is -1.50. The van der Waals surface area contributed by atoms with E-state index < -0.39 is 0 Å². The third-order valence-electron chi connectivity index (χ3n) is 2.80. The van der Waals surface area contributed by atoms with Crippen molar-refractivity contribution in [1.29, 1.82) is 0 Å². The molecular weight excluding hydrogens is 172 g/mol. The molecule has 0 saturated heterocycles. The average molecular weight is 186 g/mol. The van der Waals surface area contributed by atoms with Gasteiger partial charge in [0.15, 0.2) is 0 Å². The molecule has 0 aromatic heterocycles. The quantitative estimate of drug-likeness (QED) is 0.662. The number of ether oxygens (including phenoxy) is 1. The van der Waals surface area contributed by atoms with Crippen molar-refractivity contribution in [2.75, 3.05) is 7.11 Å². The fourth-order valence-corrected chi connectivity index (χ4v) is 1.81. The first-order valence-corrected chi connectivity index (χ1v) is 4.77. The third-order valence-corrected chi connectivity index (χ3v) is 2.80. The predicted octanol–water partition coefficient (Wildman–Crippen LogP) is 3.47. The van der Waals surface area contributed by atoms with Crippen molar-refractivity contribution < 1.29 is 4.74 Å². The molecule has 1 nitrogen and oxygen atoms in total. The summed E-state index contributed by atoms with van der Waals surface area (Å²) in [6.45, 7) is 4.24. The van der Waals surface area contributed by atoms with Gasteiger partial charge in [0.1, 0.15) is 5.75 Å².